The third kappa shape index (κ3) is 4.45. The van der Waals surface area contributed by atoms with Crippen molar-refractivity contribution in [3.63, 3.8) is 0 Å². The number of benzene rings is 3. The molecule has 166 valence electrons. The summed E-state index contributed by atoms with van der Waals surface area (Å²) in [4.78, 5) is 36.7. The number of methoxy groups -OCH3 is 2. The average Bonchev–Trinajstić information content (AvgIpc) is 2.87. The number of hydrogen-bond donors (Lipinski definition) is 1. The first kappa shape index (κ1) is 21.8. The van der Waals surface area contributed by atoms with Gasteiger partial charge < -0.3 is 14.8 Å². The van der Waals surface area contributed by atoms with E-state index in [-0.39, 0.29) is 5.91 Å². The van der Waals surface area contributed by atoms with Crippen molar-refractivity contribution in [3.8, 4) is 0 Å². The molecule has 0 bridgehead atoms. The Morgan fingerprint density at radius 3 is 2.06 bits per heavy atom. The molecule has 0 saturated carbocycles. The molecule has 0 aromatic heterocycles. The number of ether oxygens (including phenoxy) is 2. The predicted molar refractivity (Wildman–Crippen MR) is 122 cm³/mol. The van der Waals surface area contributed by atoms with Crippen LogP contribution in [0.4, 0.5) is 5.69 Å². The maximum absolute atomic E-state index is 13.3. The lowest BCUT2D eigenvalue weighted by molar-refractivity contribution is 0.0591. The molecule has 1 aliphatic rings. The van der Waals surface area contributed by atoms with E-state index in [1.807, 2.05) is 12.1 Å². The summed E-state index contributed by atoms with van der Waals surface area (Å²) < 4.78 is 9.46. The van der Waals surface area contributed by atoms with Gasteiger partial charge in [0, 0.05) is 5.69 Å². The Morgan fingerprint density at radius 2 is 1.45 bits per heavy atom. The molecule has 8 nitrogen and oxygen atoms in total. The Labute approximate surface area is 190 Å². The highest BCUT2D eigenvalue weighted by atomic mass is 16.5. The number of anilines is 1. The van der Waals surface area contributed by atoms with Gasteiger partial charge in [0.1, 0.15) is 0 Å². The van der Waals surface area contributed by atoms with Gasteiger partial charge in [0.25, 0.3) is 5.91 Å². The highest BCUT2D eigenvalue weighted by Gasteiger charge is 2.33. The minimum atomic E-state index is -0.593. The second kappa shape index (κ2) is 9.35. The Balaban J connectivity index is 1.66. The third-order valence-corrected chi connectivity index (χ3v) is 5.21. The Kier molecular flexibility index (Phi) is 6.17. The molecule has 4 rings (SSSR count). The SMILES string of the molecule is COC(=O)c1ccc(/C=N\N2C(=O)c3ccccc3N[C@@H]2c2ccc(C(=O)OC)cc2)cc1. The average molecular weight is 443 g/mol. The van der Waals surface area contributed by atoms with E-state index in [1.165, 1.54) is 19.2 Å². The van der Waals surface area contributed by atoms with Crippen molar-refractivity contribution >= 4 is 29.7 Å². The summed E-state index contributed by atoms with van der Waals surface area (Å²) in [6, 6.07) is 20.7. The molecule has 1 heterocycles. The lowest BCUT2D eigenvalue weighted by atomic mass is 10.0. The van der Waals surface area contributed by atoms with Crippen LogP contribution in [-0.4, -0.2) is 43.3 Å². The van der Waals surface area contributed by atoms with Crippen molar-refractivity contribution in [2.24, 2.45) is 5.10 Å². The van der Waals surface area contributed by atoms with Crippen LogP contribution in [0.1, 0.15) is 48.4 Å². The van der Waals surface area contributed by atoms with Crippen LogP contribution in [0.3, 0.4) is 0 Å². The van der Waals surface area contributed by atoms with E-state index >= 15 is 0 Å². The fourth-order valence-corrected chi connectivity index (χ4v) is 3.46. The fourth-order valence-electron chi connectivity index (χ4n) is 3.46. The van der Waals surface area contributed by atoms with Gasteiger partial charge in [0.15, 0.2) is 6.17 Å². The standard InChI is InChI=1S/C25H21N3O5/c1-32-24(30)18-9-7-16(8-10-18)15-26-28-22(17-11-13-19(14-12-17)25(31)33-2)27-21-6-4-3-5-20(21)23(28)29/h3-15,22,27H,1-2H3/b26-15-/t22-/m0/s1. The number of carbonyl (C=O) groups is 3. The van der Waals surface area contributed by atoms with E-state index in [4.69, 9.17) is 9.47 Å². The Hall–Kier alpha value is -4.46. The molecule has 0 radical (unpaired) electrons. The molecular weight excluding hydrogens is 422 g/mol. The van der Waals surface area contributed by atoms with Crippen molar-refractivity contribution in [2.75, 3.05) is 19.5 Å². The van der Waals surface area contributed by atoms with Crippen LogP contribution in [0.5, 0.6) is 0 Å². The molecule has 0 unspecified atom stereocenters. The van der Waals surface area contributed by atoms with E-state index in [1.54, 1.807) is 66.9 Å². The number of hydrogen-bond acceptors (Lipinski definition) is 7. The van der Waals surface area contributed by atoms with Crippen LogP contribution in [0.25, 0.3) is 0 Å². The summed E-state index contributed by atoms with van der Waals surface area (Å²) in [6.07, 6.45) is 0.953. The molecule has 3 aromatic carbocycles. The summed E-state index contributed by atoms with van der Waals surface area (Å²) >= 11 is 0. The predicted octanol–water partition coefficient (Wildman–Crippen LogP) is 3.86. The van der Waals surface area contributed by atoms with Crippen LogP contribution in [0.2, 0.25) is 0 Å². The van der Waals surface area contributed by atoms with Crippen LogP contribution >= 0.6 is 0 Å². The van der Waals surface area contributed by atoms with Gasteiger partial charge in [0.2, 0.25) is 0 Å². The maximum atomic E-state index is 13.3. The number of amides is 1. The maximum Gasteiger partial charge on any atom is 0.337 e. The largest absolute Gasteiger partial charge is 0.465 e. The molecule has 0 saturated heterocycles. The minimum Gasteiger partial charge on any atom is -0.465 e. The second-order valence-electron chi connectivity index (χ2n) is 7.21. The molecule has 0 fully saturated rings. The zero-order valence-corrected chi connectivity index (χ0v) is 18.0. The molecule has 0 aliphatic carbocycles. The minimum absolute atomic E-state index is 0.270. The zero-order valence-electron chi connectivity index (χ0n) is 18.0. The molecular formula is C25H21N3O5. The van der Waals surface area contributed by atoms with Crippen LogP contribution in [-0.2, 0) is 9.47 Å². The number of nitrogens with zero attached hydrogens (tertiary/aromatic N) is 2. The van der Waals surface area contributed by atoms with Gasteiger partial charge >= 0.3 is 11.9 Å². The van der Waals surface area contributed by atoms with E-state index in [0.29, 0.717) is 27.9 Å². The first-order valence-corrected chi connectivity index (χ1v) is 10.1. The van der Waals surface area contributed by atoms with Crippen LogP contribution in [0, 0.1) is 0 Å². The second-order valence-corrected chi connectivity index (χ2v) is 7.21. The first-order valence-electron chi connectivity index (χ1n) is 10.1. The van der Waals surface area contributed by atoms with Crippen molar-refractivity contribution in [1.29, 1.82) is 0 Å². The topological polar surface area (TPSA) is 97.3 Å². The number of esters is 2. The number of carbonyl (C=O) groups excluding carboxylic acids is 3. The van der Waals surface area contributed by atoms with E-state index < -0.39 is 18.1 Å². The molecule has 1 amide bonds. The van der Waals surface area contributed by atoms with Crippen molar-refractivity contribution in [1.82, 2.24) is 5.01 Å². The number of rotatable bonds is 5. The van der Waals surface area contributed by atoms with Gasteiger partial charge in [-0.3, -0.25) is 4.79 Å². The fraction of sp³-hybridized carbons (Fsp3) is 0.120. The molecule has 1 atom stereocenters. The van der Waals surface area contributed by atoms with E-state index in [0.717, 1.165) is 5.56 Å². The van der Waals surface area contributed by atoms with Crippen molar-refractivity contribution < 1.29 is 23.9 Å². The normalized spacial score (nSPS) is 15.0. The van der Waals surface area contributed by atoms with Gasteiger partial charge in [-0.1, -0.05) is 36.4 Å². The van der Waals surface area contributed by atoms with Crippen molar-refractivity contribution in [2.45, 2.75) is 6.17 Å². The monoisotopic (exact) mass is 443 g/mol. The molecule has 1 N–H and O–H groups in total. The van der Waals surface area contributed by atoms with Gasteiger partial charge in [0.05, 0.1) is 37.1 Å². The summed E-state index contributed by atoms with van der Waals surface area (Å²) in [5, 5.41) is 9.14. The zero-order chi connectivity index (χ0) is 23.4. The number of para-hydroxylation sites is 1. The highest BCUT2D eigenvalue weighted by molar-refractivity contribution is 6.02. The van der Waals surface area contributed by atoms with Gasteiger partial charge in [-0.05, 0) is 47.5 Å². The van der Waals surface area contributed by atoms with Gasteiger partial charge in [-0.15, -0.1) is 0 Å². The number of fused-ring (bicyclic) bond motifs is 1. The third-order valence-electron chi connectivity index (χ3n) is 5.21. The first-order chi connectivity index (χ1) is 16.0. The lowest BCUT2D eigenvalue weighted by Gasteiger charge is -2.34. The smallest absolute Gasteiger partial charge is 0.337 e. The quantitative estimate of drug-likeness (QED) is 0.475. The summed E-state index contributed by atoms with van der Waals surface area (Å²) in [5.41, 5.74) is 3.46. The van der Waals surface area contributed by atoms with Crippen LogP contribution < -0.4 is 5.32 Å². The molecule has 0 spiro atoms. The number of nitrogens with one attached hydrogen (secondary N) is 1. The molecule has 3 aromatic rings. The number of hydrazone groups is 1. The lowest BCUT2D eigenvalue weighted by Crippen LogP contribution is -2.39. The summed E-state index contributed by atoms with van der Waals surface area (Å²) in [7, 11) is 2.64. The van der Waals surface area contributed by atoms with E-state index in [9.17, 15) is 14.4 Å². The van der Waals surface area contributed by atoms with E-state index in [2.05, 4.69) is 10.4 Å². The molecule has 8 heteroatoms. The Bertz CT molecular complexity index is 1220. The van der Waals surface area contributed by atoms with Crippen molar-refractivity contribution in [3.05, 3.63) is 101 Å². The summed E-state index contributed by atoms with van der Waals surface area (Å²) in [6.45, 7) is 0. The Morgan fingerprint density at radius 1 is 0.879 bits per heavy atom. The molecule has 33 heavy (non-hydrogen) atoms. The van der Waals surface area contributed by atoms with Gasteiger partial charge in [-0.2, -0.15) is 5.10 Å². The van der Waals surface area contributed by atoms with Gasteiger partial charge in [-0.25, -0.2) is 14.6 Å². The molecule has 1 aliphatic heterocycles. The summed E-state index contributed by atoms with van der Waals surface area (Å²) in [5.74, 6) is -1.14. The highest BCUT2D eigenvalue weighted by Crippen LogP contribution is 2.33. The van der Waals surface area contributed by atoms with Crippen LogP contribution in [0.15, 0.2) is 77.9 Å².